The van der Waals surface area contributed by atoms with E-state index in [1.807, 2.05) is 6.08 Å². The second kappa shape index (κ2) is 12.4. The summed E-state index contributed by atoms with van der Waals surface area (Å²) in [6, 6.07) is 0. The average Bonchev–Trinajstić information content (AvgIpc) is 3.24. The molecule has 0 saturated heterocycles. The Hall–Kier alpha value is -2.82. The van der Waals surface area contributed by atoms with Gasteiger partial charge in [0.05, 0.1) is 12.7 Å². The first kappa shape index (κ1) is 30.1. The van der Waals surface area contributed by atoms with E-state index in [1.165, 1.54) is 5.57 Å². The highest BCUT2D eigenvalue weighted by molar-refractivity contribution is 5.91. The number of hydrogen-bond acceptors (Lipinski definition) is 9. The number of carbonyl (C=O) groups is 4. The lowest BCUT2D eigenvalue weighted by atomic mass is 9.46. The van der Waals surface area contributed by atoms with Crippen LogP contribution in [0.15, 0.2) is 11.6 Å². The Bertz CT molecular complexity index is 1060. The summed E-state index contributed by atoms with van der Waals surface area (Å²) >= 11 is 0. The first-order valence-corrected chi connectivity index (χ1v) is 14.6. The molecule has 0 heterocycles. The topological polar surface area (TPSA) is 162 Å². The maximum absolute atomic E-state index is 13.3. The fourth-order valence-electron chi connectivity index (χ4n) is 8.48. The number of aliphatic hydroxyl groups excluding tert-OH is 1. The van der Waals surface area contributed by atoms with Gasteiger partial charge < -0.3 is 20.0 Å². The van der Waals surface area contributed by atoms with Crippen LogP contribution in [0, 0.1) is 44.6 Å². The van der Waals surface area contributed by atoms with Gasteiger partial charge in [0.1, 0.15) is 13.2 Å². The molecule has 4 aliphatic carbocycles. The molecule has 222 valence electrons. The van der Waals surface area contributed by atoms with Gasteiger partial charge in [0.15, 0.2) is 11.6 Å². The van der Waals surface area contributed by atoms with Crippen molar-refractivity contribution in [2.45, 2.75) is 90.6 Å². The number of ketones is 2. The number of aliphatic hydroxyl groups is 1. The van der Waals surface area contributed by atoms with E-state index in [-0.39, 0.29) is 66.3 Å². The molecule has 0 aromatic carbocycles. The average molecular weight is 563 g/mol. The second-order valence-corrected chi connectivity index (χ2v) is 12.6. The van der Waals surface area contributed by atoms with E-state index in [0.29, 0.717) is 50.4 Å². The summed E-state index contributed by atoms with van der Waals surface area (Å²) in [4.78, 5) is 63.8. The molecular formula is C29H42N2O9. The number of esters is 1. The van der Waals surface area contributed by atoms with Gasteiger partial charge in [-0.3, -0.25) is 19.2 Å². The molecule has 1 amide bonds. The lowest BCUT2D eigenvalue weighted by Gasteiger charge is -2.59. The number of rotatable bonds is 12. The third kappa shape index (κ3) is 6.24. The summed E-state index contributed by atoms with van der Waals surface area (Å²) in [6.45, 7) is 3.61. The SMILES string of the molecule is CC12CCC(=O)C=C1CCC1C2C(O)CC2(C)C(C(=O)COC(=O)CNC(=O)CCCCCO[N+](=O)[O-])CCC12. The molecule has 0 aliphatic heterocycles. The summed E-state index contributed by atoms with van der Waals surface area (Å²) in [5, 5.41) is 23.2. The van der Waals surface area contributed by atoms with Gasteiger partial charge in [0, 0.05) is 18.8 Å². The zero-order valence-corrected chi connectivity index (χ0v) is 23.5. The van der Waals surface area contributed by atoms with Gasteiger partial charge in [-0.2, -0.15) is 0 Å². The van der Waals surface area contributed by atoms with Crippen LogP contribution in [0.3, 0.4) is 0 Å². The molecule has 11 heteroatoms. The number of allylic oxidation sites excluding steroid dienone is 1. The highest BCUT2D eigenvalue weighted by Crippen LogP contribution is 2.66. The van der Waals surface area contributed by atoms with Crippen molar-refractivity contribution in [3.8, 4) is 0 Å². The summed E-state index contributed by atoms with van der Waals surface area (Å²) in [5.74, 6) is -0.603. The molecule has 0 aromatic rings. The van der Waals surface area contributed by atoms with E-state index in [2.05, 4.69) is 24.0 Å². The zero-order valence-electron chi connectivity index (χ0n) is 23.5. The van der Waals surface area contributed by atoms with Gasteiger partial charge >= 0.3 is 5.97 Å². The van der Waals surface area contributed by atoms with E-state index >= 15 is 0 Å². The summed E-state index contributed by atoms with van der Waals surface area (Å²) in [7, 11) is 0. The van der Waals surface area contributed by atoms with Crippen LogP contribution in [0.5, 0.6) is 0 Å². The molecule has 7 atom stereocenters. The summed E-state index contributed by atoms with van der Waals surface area (Å²) in [6.07, 6.45) is 8.16. The fourth-order valence-corrected chi connectivity index (χ4v) is 8.48. The van der Waals surface area contributed by atoms with Gasteiger partial charge in [0.25, 0.3) is 5.09 Å². The Morgan fingerprint density at radius 3 is 2.67 bits per heavy atom. The van der Waals surface area contributed by atoms with Crippen molar-refractivity contribution in [3.63, 3.8) is 0 Å². The van der Waals surface area contributed by atoms with Crippen molar-refractivity contribution in [3.05, 3.63) is 21.8 Å². The van der Waals surface area contributed by atoms with Crippen molar-refractivity contribution >= 4 is 23.4 Å². The lowest BCUT2D eigenvalue weighted by molar-refractivity contribution is -0.757. The van der Waals surface area contributed by atoms with Crippen LogP contribution in [-0.2, 0) is 28.8 Å². The number of Topliss-reactive ketones (excluding diaryl/α,β-unsaturated/α-hetero) is 1. The van der Waals surface area contributed by atoms with Crippen LogP contribution >= 0.6 is 0 Å². The lowest BCUT2D eigenvalue weighted by Crippen LogP contribution is -2.57. The molecular weight excluding hydrogens is 520 g/mol. The zero-order chi connectivity index (χ0) is 29.1. The van der Waals surface area contributed by atoms with E-state index < -0.39 is 17.2 Å². The van der Waals surface area contributed by atoms with E-state index in [0.717, 1.165) is 25.7 Å². The largest absolute Gasteiger partial charge is 0.456 e. The predicted octanol–water partition coefficient (Wildman–Crippen LogP) is 3.10. The van der Waals surface area contributed by atoms with Crippen molar-refractivity contribution in [2.24, 2.45) is 34.5 Å². The Balaban J connectivity index is 1.24. The Morgan fingerprint density at radius 2 is 1.93 bits per heavy atom. The van der Waals surface area contributed by atoms with E-state index in [1.54, 1.807) is 0 Å². The molecule has 3 saturated carbocycles. The van der Waals surface area contributed by atoms with Crippen LogP contribution < -0.4 is 5.32 Å². The van der Waals surface area contributed by atoms with Crippen molar-refractivity contribution in [1.29, 1.82) is 0 Å². The molecule has 0 aromatic heterocycles. The highest BCUT2D eigenvalue weighted by Gasteiger charge is 2.62. The minimum absolute atomic E-state index is 0.0181. The fraction of sp³-hybridized carbons (Fsp3) is 0.793. The Kier molecular flexibility index (Phi) is 9.32. The molecule has 3 fully saturated rings. The Morgan fingerprint density at radius 1 is 1.15 bits per heavy atom. The molecule has 0 bridgehead atoms. The number of nitrogens with zero attached hydrogens (tertiary/aromatic N) is 1. The standard InChI is InChI=1S/C29H42N2O9/c1-28-12-11-19(32)14-18(28)7-8-20-21-9-10-22(29(21,2)15-23(33)27(20)28)24(34)17-39-26(36)16-30-25(35)6-4-3-5-13-40-31(37)38/h14,20-23,27,33H,3-13,15-17H2,1-2H3,(H,30,35). The van der Waals surface area contributed by atoms with Gasteiger partial charge in [-0.1, -0.05) is 25.8 Å². The van der Waals surface area contributed by atoms with Gasteiger partial charge in [0.2, 0.25) is 5.91 Å². The number of carbonyl (C=O) groups excluding carboxylic acids is 4. The first-order chi connectivity index (χ1) is 19.0. The van der Waals surface area contributed by atoms with Crippen molar-refractivity contribution in [1.82, 2.24) is 5.32 Å². The van der Waals surface area contributed by atoms with Crippen LogP contribution in [0.25, 0.3) is 0 Å². The molecule has 0 radical (unpaired) electrons. The third-order valence-corrected chi connectivity index (χ3v) is 10.3. The van der Waals surface area contributed by atoms with Crippen LogP contribution in [0.4, 0.5) is 0 Å². The number of hydrogen-bond donors (Lipinski definition) is 2. The summed E-state index contributed by atoms with van der Waals surface area (Å²) in [5.41, 5.74) is 0.635. The van der Waals surface area contributed by atoms with Crippen LogP contribution in [-0.4, -0.2) is 59.5 Å². The number of ether oxygens (including phenoxy) is 1. The van der Waals surface area contributed by atoms with Crippen molar-refractivity contribution in [2.75, 3.05) is 19.8 Å². The van der Waals surface area contributed by atoms with Gasteiger partial charge in [-0.05, 0) is 86.0 Å². The number of amides is 1. The predicted molar refractivity (Wildman–Crippen MR) is 142 cm³/mol. The monoisotopic (exact) mass is 562 g/mol. The molecule has 2 N–H and O–H groups in total. The first-order valence-electron chi connectivity index (χ1n) is 14.6. The second-order valence-electron chi connectivity index (χ2n) is 12.6. The third-order valence-electron chi connectivity index (χ3n) is 10.3. The van der Waals surface area contributed by atoms with Crippen LogP contribution in [0.2, 0.25) is 0 Å². The maximum Gasteiger partial charge on any atom is 0.325 e. The number of unbranched alkanes of at least 4 members (excludes halogenated alkanes) is 2. The molecule has 4 rings (SSSR count). The minimum Gasteiger partial charge on any atom is -0.456 e. The van der Waals surface area contributed by atoms with E-state index in [9.17, 15) is 34.4 Å². The van der Waals surface area contributed by atoms with E-state index in [4.69, 9.17) is 4.74 Å². The molecule has 11 nitrogen and oxygen atoms in total. The maximum atomic E-state index is 13.3. The Labute approximate surface area is 234 Å². The number of fused-ring (bicyclic) bond motifs is 5. The molecule has 7 unspecified atom stereocenters. The molecule has 40 heavy (non-hydrogen) atoms. The molecule has 0 spiro atoms. The number of nitrogens with one attached hydrogen (secondary N) is 1. The van der Waals surface area contributed by atoms with Crippen LogP contribution in [0.1, 0.15) is 84.5 Å². The quantitative estimate of drug-likeness (QED) is 0.157. The van der Waals surface area contributed by atoms with Gasteiger partial charge in [-0.15, -0.1) is 10.1 Å². The molecule has 4 aliphatic rings. The highest BCUT2D eigenvalue weighted by atomic mass is 16.9. The smallest absolute Gasteiger partial charge is 0.325 e. The summed E-state index contributed by atoms with van der Waals surface area (Å²) < 4.78 is 5.22. The normalized spacial score (nSPS) is 34.5. The van der Waals surface area contributed by atoms with Gasteiger partial charge in [-0.25, -0.2) is 0 Å². The van der Waals surface area contributed by atoms with Crippen molar-refractivity contribution < 1.29 is 38.9 Å². The minimum atomic E-state index is -0.854.